The molecule has 0 unspecified atom stereocenters. The highest BCUT2D eigenvalue weighted by Crippen LogP contribution is 2.30. The van der Waals surface area contributed by atoms with Gasteiger partial charge in [0, 0.05) is 24.4 Å². The SMILES string of the molecule is CCCCc1ncc(C=C2C(=O)N(CCCC)C(=O)N2Cc2ccc(Br)s2)n1Cc1ccc(C(=O)OC)cc1.Cl. The Hall–Kier alpha value is -2.95. The lowest BCUT2D eigenvalue weighted by atomic mass is 10.1. The number of carbonyl (C=O) groups excluding carboxylic acids is 3. The number of carbonyl (C=O) groups is 3. The van der Waals surface area contributed by atoms with Gasteiger partial charge in [0.25, 0.3) is 5.91 Å². The van der Waals surface area contributed by atoms with E-state index >= 15 is 0 Å². The number of aryl methyl sites for hydroxylation is 1. The van der Waals surface area contributed by atoms with Crippen molar-refractivity contribution in [3.05, 3.63) is 79.6 Å². The van der Waals surface area contributed by atoms with Crippen LogP contribution in [0.2, 0.25) is 0 Å². The highest BCUT2D eigenvalue weighted by atomic mass is 79.9. The van der Waals surface area contributed by atoms with Gasteiger partial charge in [-0.15, -0.1) is 23.7 Å². The predicted molar refractivity (Wildman–Crippen MR) is 163 cm³/mol. The number of benzene rings is 1. The van der Waals surface area contributed by atoms with Crippen LogP contribution >= 0.6 is 39.7 Å². The molecule has 3 amide bonds. The molecule has 2 aromatic heterocycles. The number of hydrogen-bond acceptors (Lipinski definition) is 6. The van der Waals surface area contributed by atoms with Crippen LogP contribution in [0.25, 0.3) is 6.08 Å². The van der Waals surface area contributed by atoms with Crippen LogP contribution in [0, 0.1) is 0 Å². The average molecular weight is 650 g/mol. The summed E-state index contributed by atoms with van der Waals surface area (Å²) in [6.07, 6.45) is 8.01. The van der Waals surface area contributed by atoms with E-state index in [0.717, 1.165) is 57.8 Å². The van der Waals surface area contributed by atoms with Gasteiger partial charge in [0.2, 0.25) is 0 Å². The molecule has 1 saturated heterocycles. The molecule has 1 aliphatic rings. The molecular formula is C29H34BrClN4O4S. The standard InChI is InChI=1S/C29H33BrN4O4S.ClH/c1-4-6-8-26-31-17-22(33(26)18-20-9-11-21(12-10-20)28(36)38-3)16-24-27(35)32(15-7-5-2)29(37)34(24)19-23-13-14-25(30)39-23;/h9-14,16-17H,4-8,15,18-19H2,1-3H3;1H. The molecule has 214 valence electrons. The second-order valence-electron chi connectivity index (χ2n) is 9.39. The van der Waals surface area contributed by atoms with Gasteiger partial charge in [-0.25, -0.2) is 14.6 Å². The van der Waals surface area contributed by atoms with Crippen molar-refractivity contribution in [2.45, 2.75) is 59.0 Å². The van der Waals surface area contributed by atoms with Crippen molar-refractivity contribution >= 4 is 63.7 Å². The molecule has 40 heavy (non-hydrogen) atoms. The molecule has 0 saturated carbocycles. The zero-order valence-corrected chi connectivity index (χ0v) is 26.1. The molecular weight excluding hydrogens is 616 g/mol. The number of rotatable bonds is 12. The number of imide groups is 1. The number of thiophene rings is 1. The maximum atomic E-state index is 13.5. The third-order valence-electron chi connectivity index (χ3n) is 6.62. The summed E-state index contributed by atoms with van der Waals surface area (Å²) in [5.74, 6) is 0.247. The van der Waals surface area contributed by atoms with E-state index in [1.807, 2.05) is 31.2 Å². The third-order valence-corrected chi connectivity index (χ3v) is 8.23. The van der Waals surface area contributed by atoms with Gasteiger partial charge in [0.05, 0.1) is 34.9 Å². The lowest BCUT2D eigenvalue weighted by Gasteiger charge is -2.16. The lowest BCUT2D eigenvalue weighted by molar-refractivity contribution is -0.123. The lowest BCUT2D eigenvalue weighted by Crippen LogP contribution is -2.33. The van der Waals surface area contributed by atoms with Crippen LogP contribution in [0.15, 0.2) is 52.1 Å². The Morgan fingerprint density at radius 3 is 2.38 bits per heavy atom. The second kappa shape index (κ2) is 14.6. The van der Waals surface area contributed by atoms with E-state index in [9.17, 15) is 14.4 Å². The molecule has 8 nitrogen and oxygen atoms in total. The van der Waals surface area contributed by atoms with E-state index < -0.39 is 0 Å². The summed E-state index contributed by atoms with van der Waals surface area (Å²) in [4.78, 5) is 47.4. The average Bonchev–Trinajstić information content (AvgIpc) is 3.59. The first-order valence-electron chi connectivity index (χ1n) is 13.2. The predicted octanol–water partition coefficient (Wildman–Crippen LogP) is 6.91. The first kappa shape index (κ1) is 31.6. The van der Waals surface area contributed by atoms with Crippen molar-refractivity contribution in [2.75, 3.05) is 13.7 Å². The van der Waals surface area contributed by atoms with Crippen molar-refractivity contribution in [3.63, 3.8) is 0 Å². The number of hydrogen-bond donors (Lipinski definition) is 0. The topological polar surface area (TPSA) is 84.7 Å². The largest absolute Gasteiger partial charge is 0.465 e. The van der Waals surface area contributed by atoms with E-state index in [0.29, 0.717) is 30.9 Å². The van der Waals surface area contributed by atoms with Crippen molar-refractivity contribution in [1.29, 1.82) is 0 Å². The highest BCUT2D eigenvalue weighted by molar-refractivity contribution is 9.11. The number of imidazole rings is 1. The molecule has 0 spiro atoms. The van der Waals surface area contributed by atoms with Gasteiger partial charge in [0.1, 0.15) is 11.5 Å². The fraction of sp³-hybridized carbons (Fsp3) is 0.379. The molecule has 1 aliphatic heterocycles. The second-order valence-corrected chi connectivity index (χ2v) is 11.9. The Morgan fingerprint density at radius 2 is 1.75 bits per heavy atom. The summed E-state index contributed by atoms with van der Waals surface area (Å²) < 4.78 is 7.87. The number of aromatic nitrogens is 2. The maximum Gasteiger partial charge on any atom is 0.337 e. The van der Waals surface area contributed by atoms with Crippen molar-refractivity contribution in [1.82, 2.24) is 19.4 Å². The van der Waals surface area contributed by atoms with Gasteiger partial charge in [-0.3, -0.25) is 14.6 Å². The smallest absolute Gasteiger partial charge is 0.337 e. The van der Waals surface area contributed by atoms with Crippen LogP contribution in [0.1, 0.15) is 71.8 Å². The molecule has 0 bridgehead atoms. The third kappa shape index (κ3) is 7.21. The van der Waals surface area contributed by atoms with E-state index in [1.54, 1.807) is 40.6 Å². The van der Waals surface area contributed by atoms with Gasteiger partial charge < -0.3 is 9.30 Å². The first-order valence-corrected chi connectivity index (χ1v) is 14.8. The molecule has 4 rings (SSSR count). The Morgan fingerprint density at radius 1 is 1.02 bits per heavy atom. The van der Waals surface area contributed by atoms with Crippen LogP contribution in [0.4, 0.5) is 4.79 Å². The minimum absolute atomic E-state index is 0. The molecule has 0 atom stereocenters. The summed E-state index contributed by atoms with van der Waals surface area (Å²) in [6.45, 7) is 5.40. The number of ether oxygens (including phenoxy) is 1. The van der Waals surface area contributed by atoms with Crippen LogP contribution in [-0.4, -0.2) is 50.9 Å². The molecule has 1 aromatic carbocycles. The molecule has 0 radical (unpaired) electrons. The number of amides is 3. The molecule has 3 aromatic rings. The van der Waals surface area contributed by atoms with Crippen LogP contribution in [0.5, 0.6) is 0 Å². The van der Waals surface area contributed by atoms with Crippen LogP contribution in [0.3, 0.4) is 0 Å². The zero-order chi connectivity index (χ0) is 27.9. The molecule has 11 heteroatoms. The summed E-state index contributed by atoms with van der Waals surface area (Å²) in [7, 11) is 1.36. The summed E-state index contributed by atoms with van der Waals surface area (Å²) in [6, 6.07) is 10.9. The molecule has 3 heterocycles. The summed E-state index contributed by atoms with van der Waals surface area (Å²) >= 11 is 5.03. The number of nitrogens with zero attached hydrogens (tertiary/aromatic N) is 4. The number of halogens is 2. The van der Waals surface area contributed by atoms with E-state index in [2.05, 4.69) is 32.4 Å². The fourth-order valence-corrected chi connectivity index (χ4v) is 5.91. The van der Waals surface area contributed by atoms with Crippen molar-refractivity contribution in [3.8, 4) is 0 Å². The summed E-state index contributed by atoms with van der Waals surface area (Å²) in [5, 5.41) is 0. The first-order chi connectivity index (χ1) is 18.9. The maximum absolute atomic E-state index is 13.5. The Kier molecular flexibility index (Phi) is 11.5. The van der Waals surface area contributed by atoms with E-state index in [4.69, 9.17) is 4.74 Å². The van der Waals surface area contributed by atoms with Gasteiger partial charge in [-0.2, -0.15) is 0 Å². The fourth-order valence-electron chi connectivity index (χ4n) is 4.44. The van der Waals surface area contributed by atoms with Crippen LogP contribution in [-0.2, 0) is 29.0 Å². The Balaban J connectivity index is 0.00000441. The molecule has 0 aliphatic carbocycles. The van der Waals surface area contributed by atoms with E-state index in [-0.39, 0.29) is 30.3 Å². The van der Waals surface area contributed by atoms with Gasteiger partial charge in [-0.05, 0) is 64.7 Å². The minimum Gasteiger partial charge on any atom is -0.465 e. The van der Waals surface area contributed by atoms with Crippen molar-refractivity contribution < 1.29 is 19.1 Å². The van der Waals surface area contributed by atoms with E-state index in [1.165, 1.54) is 12.0 Å². The Labute approximate surface area is 253 Å². The monoisotopic (exact) mass is 648 g/mol. The minimum atomic E-state index is -0.381. The highest BCUT2D eigenvalue weighted by Gasteiger charge is 2.41. The molecule has 1 fully saturated rings. The number of unbranched alkanes of at least 4 members (excludes halogenated alkanes) is 2. The van der Waals surface area contributed by atoms with Gasteiger partial charge in [0.15, 0.2) is 0 Å². The summed E-state index contributed by atoms with van der Waals surface area (Å²) in [5.41, 5.74) is 2.57. The van der Waals surface area contributed by atoms with Gasteiger partial charge in [-0.1, -0.05) is 38.8 Å². The van der Waals surface area contributed by atoms with Gasteiger partial charge >= 0.3 is 12.0 Å². The molecule has 0 N–H and O–H groups in total. The van der Waals surface area contributed by atoms with Crippen molar-refractivity contribution in [2.24, 2.45) is 0 Å². The zero-order valence-electron chi connectivity index (χ0n) is 22.9. The quantitative estimate of drug-likeness (QED) is 0.121. The number of urea groups is 1. The normalized spacial score (nSPS) is 14.2. The Bertz CT molecular complexity index is 1370. The van der Waals surface area contributed by atoms with Crippen LogP contribution < -0.4 is 0 Å². The number of methoxy groups -OCH3 is 1. The number of esters is 1.